The molecule has 2 aromatic rings. The number of carbonyl (C=O) groups is 1. The molecule has 0 radical (unpaired) electrons. The summed E-state index contributed by atoms with van der Waals surface area (Å²) >= 11 is 0. The van der Waals surface area contributed by atoms with E-state index in [1.54, 1.807) is 6.92 Å². The molecule has 1 heterocycles. The van der Waals surface area contributed by atoms with Gasteiger partial charge in [0.2, 0.25) is 5.91 Å². The van der Waals surface area contributed by atoms with Crippen LogP contribution in [0.5, 0.6) is 0 Å². The Labute approximate surface area is 178 Å². The van der Waals surface area contributed by atoms with Crippen molar-refractivity contribution in [2.45, 2.75) is 52.5 Å². The number of hydrogen-bond donors (Lipinski definition) is 0. The van der Waals surface area contributed by atoms with Crippen LogP contribution in [0.2, 0.25) is 0 Å². The van der Waals surface area contributed by atoms with Gasteiger partial charge in [0.05, 0.1) is 6.04 Å². The SMILES string of the molecule is CC(=O)N(CCCc1c(F)cccc1F)C(CN1CCCC1)c1c(C)cccc1C. The van der Waals surface area contributed by atoms with Crippen molar-refractivity contribution in [3.63, 3.8) is 0 Å². The normalized spacial score (nSPS) is 15.4. The fourth-order valence-corrected chi connectivity index (χ4v) is 4.64. The molecule has 0 saturated carbocycles. The maximum absolute atomic E-state index is 14.0. The topological polar surface area (TPSA) is 23.6 Å². The summed E-state index contributed by atoms with van der Waals surface area (Å²) in [6.07, 6.45) is 3.16. The third kappa shape index (κ3) is 5.25. The monoisotopic (exact) mass is 414 g/mol. The zero-order chi connectivity index (χ0) is 21.7. The molecule has 162 valence electrons. The molecule has 0 aromatic heterocycles. The lowest BCUT2D eigenvalue weighted by Gasteiger charge is -2.36. The highest BCUT2D eigenvalue weighted by molar-refractivity contribution is 5.74. The van der Waals surface area contributed by atoms with E-state index in [0.29, 0.717) is 13.0 Å². The second-order valence-corrected chi connectivity index (χ2v) is 8.35. The molecule has 30 heavy (non-hydrogen) atoms. The Morgan fingerprint density at radius 2 is 1.60 bits per heavy atom. The number of nitrogens with zero attached hydrogens (tertiary/aromatic N) is 2. The Morgan fingerprint density at radius 1 is 1.03 bits per heavy atom. The summed E-state index contributed by atoms with van der Waals surface area (Å²) in [6, 6.07) is 10.1. The summed E-state index contributed by atoms with van der Waals surface area (Å²) in [5.41, 5.74) is 3.64. The second kappa shape index (κ2) is 10.2. The summed E-state index contributed by atoms with van der Waals surface area (Å²) in [7, 11) is 0. The molecule has 1 atom stereocenters. The zero-order valence-corrected chi connectivity index (χ0v) is 18.3. The number of halogens is 2. The van der Waals surface area contributed by atoms with Gasteiger partial charge in [-0.25, -0.2) is 8.78 Å². The van der Waals surface area contributed by atoms with E-state index in [1.807, 2.05) is 11.0 Å². The minimum atomic E-state index is -0.521. The van der Waals surface area contributed by atoms with E-state index in [4.69, 9.17) is 0 Å². The van der Waals surface area contributed by atoms with E-state index < -0.39 is 11.6 Å². The summed E-state index contributed by atoms with van der Waals surface area (Å²) < 4.78 is 28.0. The van der Waals surface area contributed by atoms with Gasteiger partial charge in [-0.15, -0.1) is 0 Å². The van der Waals surface area contributed by atoms with Gasteiger partial charge in [0.15, 0.2) is 0 Å². The molecule has 5 heteroatoms. The van der Waals surface area contributed by atoms with Crippen LogP contribution in [0, 0.1) is 25.5 Å². The third-order valence-electron chi connectivity index (χ3n) is 6.17. The zero-order valence-electron chi connectivity index (χ0n) is 18.3. The molecule has 2 aromatic carbocycles. The summed E-state index contributed by atoms with van der Waals surface area (Å²) in [5, 5.41) is 0. The fraction of sp³-hybridized carbons (Fsp3) is 0.480. The Morgan fingerprint density at radius 3 is 2.17 bits per heavy atom. The number of benzene rings is 2. The molecular weight excluding hydrogens is 382 g/mol. The molecule has 0 spiro atoms. The lowest BCUT2D eigenvalue weighted by molar-refractivity contribution is -0.131. The van der Waals surface area contributed by atoms with Gasteiger partial charge in [-0.05, 0) is 81.4 Å². The highest BCUT2D eigenvalue weighted by Crippen LogP contribution is 2.30. The Kier molecular flexibility index (Phi) is 7.59. The van der Waals surface area contributed by atoms with Crippen molar-refractivity contribution < 1.29 is 13.6 Å². The fourth-order valence-electron chi connectivity index (χ4n) is 4.64. The first-order valence-electron chi connectivity index (χ1n) is 10.9. The maximum Gasteiger partial charge on any atom is 0.220 e. The van der Waals surface area contributed by atoms with Crippen LogP contribution in [0.25, 0.3) is 0 Å². The molecule has 3 rings (SSSR count). The highest BCUT2D eigenvalue weighted by Gasteiger charge is 2.28. The predicted molar refractivity (Wildman–Crippen MR) is 116 cm³/mol. The van der Waals surface area contributed by atoms with Gasteiger partial charge in [0, 0.05) is 25.6 Å². The summed E-state index contributed by atoms with van der Waals surface area (Å²) in [4.78, 5) is 17.0. The summed E-state index contributed by atoms with van der Waals surface area (Å²) in [6.45, 7) is 9.13. The van der Waals surface area contributed by atoms with Crippen LogP contribution in [-0.4, -0.2) is 41.9 Å². The average Bonchev–Trinajstić information content (AvgIpc) is 3.19. The Hall–Kier alpha value is -2.27. The molecule has 1 aliphatic rings. The number of aryl methyl sites for hydroxylation is 2. The van der Waals surface area contributed by atoms with Crippen LogP contribution in [0.15, 0.2) is 36.4 Å². The first kappa shape index (κ1) is 22.4. The molecule has 3 nitrogen and oxygen atoms in total. The third-order valence-corrected chi connectivity index (χ3v) is 6.17. The van der Waals surface area contributed by atoms with E-state index in [-0.39, 0.29) is 23.9 Å². The lowest BCUT2D eigenvalue weighted by Crippen LogP contribution is -2.41. The van der Waals surface area contributed by atoms with Gasteiger partial charge in [-0.1, -0.05) is 24.3 Å². The number of likely N-dealkylation sites (tertiary alicyclic amines) is 1. The number of hydrogen-bond acceptors (Lipinski definition) is 2. The number of carbonyl (C=O) groups excluding carboxylic acids is 1. The second-order valence-electron chi connectivity index (χ2n) is 8.35. The van der Waals surface area contributed by atoms with Crippen LogP contribution < -0.4 is 0 Å². The Bertz CT molecular complexity index is 837. The van der Waals surface area contributed by atoms with Gasteiger partial charge >= 0.3 is 0 Å². The van der Waals surface area contributed by atoms with Gasteiger partial charge in [0.25, 0.3) is 0 Å². The largest absolute Gasteiger partial charge is 0.335 e. The number of amides is 1. The van der Waals surface area contributed by atoms with Crippen LogP contribution in [0.3, 0.4) is 0 Å². The molecule has 0 bridgehead atoms. The van der Waals surface area contributed by atoms with E-state index in [2.05, 4.69) is 30.9 Å². The number of rotatable bonds is 8. The highest BCUT2D eigenvalue weighted by atomic mass is 19.1. The van der Waals surface area contributed by atoms with Crippen molar-refractivity contribution in [1.29, 1.82) is 0 Å². The molecule has 1 unspecified atom stereocenters. The van der Waals surface area contributed by atoms with Crippen LogP contribution in [0.4, 0.5) is 8.78 Å². The predicted octanol–water partition coefficient (Wildman–Crippen LogP) is 5.20. The molecule has 1 saturated heterocycles. The van der Waals surface area contributed by atoms with E-state index >= 15 is 0 Å². The van der Waals surface area contributed by atoms with E-state index in [1.165, 1.54) is 47.7 Å². The molecule has 1 amide bonds. The van der Waals surface area contributed by atoms with Crippen molar-refractivity contribution in [2.75, 3.05) is 26.2 Å². The minimum Gasteiger partial charge on any atom is -0.335 e. The van der Waals surface area contributed by atoms with Gasteiger partial charge in [-0.2, -0.15) is 0 Å². The maximum atomic E-state index is 14.0. The van der Waals surface area contributed by atoms with Gasteiger partial charge in [-0.3, -0.25) is 4.79 Å². The molecule has 1 aliphatic heterocycles. The average molecular weight is 415 g/mol. The van der Waals surface area contributed by atoms with Crippen LogP contribution >= 0.6 is 0 Å². The lowest BCUT2D eigenvalue weighted by atomic mass is 9.94. The Balaban J connectivity index is 1.83. The molecule has 1 fully saturated rings. The van der Waals surface area contributed by atoms with Crippen molar-refractivity contribution in [2.24, 2.45) is 0 Å². The van der Waals surface area contributed by atoms with Gasteiger partial charge in [0.1, 0.15) is 11.6 Å². The van der Waals surface area contributed by atoms with Crippen LogP contribution in [0.1, 0.15) is 54.5 Å². The molecular formula is C25H32F2N2O. The molecule has 0 N–H and O–H groups in total. The first-order chi connectivity index (χ1) is 14.4. The smallest absolute Gasteiger partial charge is 0.220 e. The standard InChI is InChI=1S/C25H32F2N2O/c1-18-9-6-10-19(2)25(18)24(17-28-14-4-5-15-28)29(20(3)30)16-8-11-21-22(26)12-7-13-23(21)27/h6-7,9-10,12-13,24H,4-5,8,11,14-17H2,1-3H3. The minimum absolute atomic E-state index is 0.00384. The van der Waals surface area contributed by atoms with Crippen LogP contribution in [-0.2, 0) is 11.2 Å². The summed E-state index contributed by atoms with van der Waals surface area (Å²) in [5.74, 6) is -1.05. The van der Waals surface area contributed by atoms with Crippen molar-refractivity contribution in [3.05, 3.63) is 70.3 Å². The van der Waals surface area contributed by atoms with E-state index in [9.17, 15) is 13.6 Å². The van der Waals surface area contributed by atoms with Crippen molar-refractivity contribution in [3.8, 4) is 0 Å². The van der Waals surface area contributed by atoms with Crippen molar-refractivity contribution >= 4 is 5.91 Å². The van der Waals surface area contributed by atoms with Gasteiger partial charge < -0.3 is 9.80 Å². The molecule has 0 aliphatic carbocycles. The quantitative estimate of drug-likeness (QED) is 0.593. The van der Waals surface area contributed by atoms with Crippen molar-refractivity contribution in [1.82, 2.24) is 9.80 Å². The van der Waals surface area contributed by atoms with E-state index in [0.717, 1.165) is 19.6 Å². The first-order valence-corrected chi connectivity index (χ1v) is 10.9.